The molecule has 1 aliphatic heterocycles. The van der Waals surface area contributed by atoms with E-state index in [-0.39, 0.29) is 17.4 Å². The zero-order chi connectivity index (χ0) is 19.7. The highest BCUT2D eigenvalue weighted by Gasteiger charge is 2.62. The van der Waals surface area contributed by atoms with E-state index >= 15 is 0 Å². The minimum atomic E-state index is 0.0249. The third-order valence-electron chi connectivity index (χ3n) is 8.89. The van der Waals surface area contributed by atoms with Crippen molar-refractivity contribution >= 4 is 5.91 Å². The minimum absolute atomic E-state index is 0.0249. The van der Waals surface area contributed by atoms with Crippen LogP contribution in [0.5, 0.6) is 0 Å². The van der Waals surface area contributed by atoms with Crippen LogP contribution < -0.4 is 5.73 Å². The van der Waals surface area contributed by atoms with Crippen molar-refractivity contribution in [3.05, 3.63) is 35.9 Å². The van der Waals surface area contributed by atoms with E-state index in [0.29, 0.717) is 28.6 Å². The van der Waals surface area contributed by atoms with Gasteiger partial charge >= 0.3 is 0 Å². The number of hydrogen-bond acceptors (Lipinski definition) is 2. The van der Waals surface area contributed by atoms with Gasteiger partial charge in [0.25, 0.3) is 0 Å². The molecule has 5 aliphatic rings. The van der Waals surface area contributed by atoms with Crippen molar-refractivity contribution in [3.8, 4) is 0 Å². The molecular formula is C25H36N2O. The number of carbonyl (C=O) groups excluding carboxylic acids is 1. The molecule has 2 N–H and O–H groups in total. The first-order valence-electron chi connectivity index (χ1n) is 11.3. The maximum absolute atomic E-state index is 13.7. The molecule has 0 aromatic heterocycles. The van der Waals surface area contributed by atoms with Gasteiger partial charge in [-0.3, -0.25) is 4.79 Å². The van der Waals surface area contributed by atoms with Gasteiger partial charge in [0.2, 0.25) is 5.91 Å². The van der Waals surface area contributed by atoms with Crippen molar-refractivity contribution in [3.63, 3.8) is 0 Å². The summed E-state index contributed by atoms with van der Waals surface area (Å²) in [6.07, 6.45) is 7.14. The van der Waals surface area contributed by atoms with Crippen LogP contribution in [0.2, 0.25) is 0 Å². The molecule has 3 nitrogen and oxygen atoms in total. The third kappa shape index (κ3) is 2.76. The first kappa shape index (κ1) is 18.7. The Morgan fingerprint density at radius 3 is 2.29 bits per heavy atom. The number of likely N-dealkylation sites (tertiary alicyclic amines) is 1. The van der Waals surface area contributed by atoms with Gasteiger partial charge in [-0.1, -0.05) is 51.1 Å². The standard InChI is InChI=1S/C25H36N2O/c1-23(2)16-27(10-9-20(23)26)22(28)21-17-11-24(3)12-18(21)14-25(13-17,15-24)19-7-5-4-6-8-19/h4-8,17-18,20-21H,9-16,26H2,1-3H3/t17?,18?,20-,21?,24?,25?/m0/s1. The van der Waals surface area contributed by atoms with Crippen LogP contribution in [-0.4, -0.2) is 29.9 Å². The Balaban J connectivity index is 1.42. The molecule has 1 saturated heterocycles. The summed E-state index contributed by atoms with van der Waals surface area (Å²) < 4.78 is 0. The Morgan fingerprint density at radius 2 is 1.68 bits per heavy atom. The summed E-state index contributed by atoms with van der Waals surface area (Å²) in [4.78, 5) is 15.9. The Labute approximate surface area is 170 Å². The van der Waals surface area contributed by atoms with Gasteiger partial charge in [0.15, 0.2) is 0 Å². The summed E-state index contributed by atoms with van der Waals surface area (Å²) in [5.41, 5.74) is 8.60. The summed E-state index contributed by atoms with van der Waals surface area (Å²) in [6, 6.07) is 11.4. The lowest BCUT2D eigenvalue weighted by Gasteiger charge is -2.64. The van der Waals surface area contributed by atoms with Gasteiger partial charge in [-0.15, -0.1) is 0 Å². The molecule has 4 bridgehead atoms. The molecule has 5 fully saturated rings. The second kappa shape index (κ2) is 6.08. The van der Waals surface area contributed by atoms with Crippen molar-refractivity contribution in [2.75, 3.05) is 13.1 Å². The number of carbonyl (C=O) groups is 1. The maximum atomic E-state index is 13.7. The van der Waals surface area contributed by atoms with Gasteiger partial charge < -0.3 is 10.6 Å². The van der Waals surface area contributed by atoms with Crippen molar-refractivity contribution < 1.29 is 4.79 Å². The van der Waals surface area contributed by atoms with Gasteiger partial charge in [-0.2, -0.15) is 0 Å². The van der Waals surface area contributed by atoms with Gasteiger partial charge in [0.1, 0.15) is 0 Å². The van der Waals surface area contributed by atoms with Gasteiger partial charge in [0.05, 0.1) is 0 Å². The van der Waals surface area contributed by atoms with Crippen molar-refractivity contribution in [1.82, 2.24) is 4.90 Å². The first-order valence-corrected chi connectivity index (χ1v) is 11.3. The molecule has 0 spiro atoms. The number of piperidine rings is 1. The molecule has 3 atom stereocenters. The van der Waals surface area contributed by atoms with E-state index in [1.54, 1.807) is 0 Å². The van der Waals surface area contributed by atoms with Crippen molar-refractivity contribution in [2.45, 2.75) is 70.8 Å². The fraction of sp³-hybridized carbons (Fsp3) is 0.720. The minimum Gasteiger partial charge on any atom is -0.342 e. The highest BCUT2D eigenvalue weighted by atomic mass is 16.2. The Bertz CT molecular complexity index is 754. The lowest BCUT2D eigenvalue weighted by molar-refractivity contribution is -0.161. The lowest BCUT2D eigenvalue weighted by atomic mass is 9.40. The van der Waals surface area contributed by atoms with Crippen LogP contribution in [0.1, 0.15) is 64.9 Å². The number of nitrogens with zero attached hydrogens (tertiary/aromatic N) is 1. The molecule has 4 aliphatic carbocycles. The number of rotatable bonds is 2. The van der Waals surface area contributed by atoms with E-state index in [9.17, 15) is 4.79 Å². The highest BCUT2D eigenvalue weighted by Crippen LogP contribution is 2.67. The normalized spacial score (nSPS) is 43.9. The van der Waals surface area contributed by atoms with E-state index in [1.165, 1.54) is 37.7 Å². The van der Waals surface area contributed by atoms with Crippen molar-refractivity contribution in [1.29, 1.82) is 0 Å². The third-order valence-corrected chi connectivity index (χ3v) is 8.89. The van der Waals surface area contributed by atoms with E-state index < -0.39 is 0 Å². The van der Waals surface area contributed by atoms with Crippen LogP contribution in [-0.2, 0) is 10.2 Å². The highest BCUT2D eigenvalue weighted by molar-refractivity contribution is 5.80. The SMILES string of the molecule is CC12CC3CC(c4ccccc4)(CC(C1)C3C(=O)N1CC[C@H](N)C(C)(C)C1)C2. The average molecular weight is 381 g/mol. The van der Waals surface area contributed by atoms with Crippen LogP contribution in [0.4, 0.5) is 0 Å². The second-order valence-electron chi connectivity index (χ2n) is 11.6. The predicted octanol–water partition coefficient (Wildman–Crippen LogP) is 4.36. The van der Waals surface area contributed by atoms with E-state index in [0.717, 1.165) is 19.5 Å². The zero-order valence-electron chi connectivity index (χ0n) is 17.8. The topological polar surface area (TPSA) is 46.3 Å². The fourth-order valence-electron chi connectivity index (χ4n) is 7.88. The number of benzene rings is 1. The summed E-state index contributed by atoms with van der Waals surface area (Å²) in [5, 5.41) is 0. The lowest BCUT2D eigenvalue weighted by Crippen LogP contribution is -2.62. The molecule has 3 heteroatoms. The molecule has 28 heavy (non-hydrogen) atoms. The van der Waals surface area contributed by atoms with Crippen LogP contribution in [0, 0.1) is 28.6 Å². The number of nitrogens with two attached hydrogens (primary N) is 1. The molecular weight excluding hydrogens is 344 g/mol. The predicted molar refractivity (Wildman–Crippen MR) is 113 cm³/mol. The van der Waals surface area contributed by atoms with Gasteiger partial charge in [-0.25, -0.2) is 0 Å². The van der Waals surface area contributed by atoms with Gasteiger partial charge in [0, 0.05) is 25.0 Å². The zero-order valence-corrected chi connectivity index (χ0v) is 17.8. The quantitative estimate of drug-likeness (QED) is 0.829. The summed E-state index contributed by atoms with van der Waals surface area (Å²) in [6.45, 7) is 8.61. The smallest absolute Gasteiger partial charge is 0.226 e. The number of amides is 1. The molecule has 1 aromatic rings. The summed E-state index contributed by atoms with van der Waals surface area (Å²) in [5.74, 6) is 1.80. The maximum Gasteiger partial charge on any atom is 0.226 e. The van der Waals surface area contributed by atoms with Crippen LogP contribution in [0.3, 0.4) is 0 Å². The molecule has 0 radical (unpaired) electrons. The first-order chi connectivity index (χ1) is 13.2. The number of hydrogen-bond donors (Lipinski definition) is 1. The Morgan fingerprint density at radius 1 is 1.04 bits per heavy atom. The Kier molecular flexibility index (Phi) is 4.05. The van der Waals surface area contributed by atoms with Crippen LogP contribution in [0.15, 0.2) is 30.3 Å². The molecule has 152 valence electrons. The van der Waals surface area contributed by atoms with Crippen molar-refractivity contribution in [2.24, 2.45) is 34.3 Å². The molecule has 1 aromatic carbocycles. The molecule has 4 saturated carbocycles. The molecule has 1 heterocycles. The van der Waals surface area contributed by atoms with E-state index in [2.05, 4.69) is 56.0 Å². The fourth-order valence-corrected chi connectivity index (χ4v) is 7.88. The second-order valence-corrected chi connectivity index (χ2v) is 11.6. The van der Waals surface area contributed by atoms with Gasteiger partial charge in [-0.05, 0) is 72.2 Å². The van der Waals surface area contributed by atoms with E-state index in [1.807, 2.05) is 0 Å². The monoisotopic (exact) mass is 380 g/mol. The largest absolute Gasteiger partial charge is 0.342 e. The molecule has 6 rings (SSSR count). The average Bonchev–Trinajstić information content (AvgIpc) is 2.63. The Hall–Kier alpha value is -1.35. The van der Waals surface area contributed by atoms with Crippen LogP contribution in [0.25, 0.3) is 0 Å². The van der Waals surface area contributed by atoms with E-state index in [4.69, 9.17) is 5.73 Å². The summed E-state index contributed by atoms with van der Waals surface area (Å²) >= 11 is 0. The molecule has 1 amide bonds. The molecule has 2 unspecified atom stereocenters. The van der Waals surface area contributed by atoms with Crippen LogP contribution >= 0.6 is 0 Å². The summed E-state index contributed by atoms with van der Waals surface area (Å²) in [7, 11) is 0.